The lowest BCUT2D eigenvalue weighted by Gasteiger charge is -2.30. The van der Waals surface area contributed by atoms with E-state index in [0.717, 1.165) is 19.4 Å². The monoisotopic (exact) mass is 289 g/mol. The molecule has 1 aliphatic heterocycles. The SMILES string of the molecule is COC(=O)c1c(C(F)(F)F)ccnc1N1CCNCC1. The van der Waals surface area contributed by atoms with Gasteiger partial charge in [-0.25, -0.2) is 9.78 Å². The molecule has 2 rings (SSSR count). The zero-order valence-corrected chi connectivity index (χ0v) is 10.8. The second kappa shape index (κ2) is 5.66. The van der Waals surface area contributed by atoms with Gasteiger partial charge in [-0.3, -0.25) is 0 Å². The Morgan fingerprint density at radius 3 is 2.60 bits per heavy atom. The van der Waals surface area contributed by atoms with E-state index < -0.39 is 23.3 Å². The zero-order chi connectivity index (χ0) is 14.8. The summed E-state index contributed by atoms with van der Waals surface area (Å²) in [5.74, 6) is -1.01. The highest BCUT2D eigenvalue weighted by molar-refractivity contribution is 5.96. The van der Waals surface area contributed by atoms with E-state index in [1.165, 1.54) is 0 Å². The first kappa shape index (κ1) is 14.6. The van der Waals surface area contributed by atoms with E-state index in [-0.39, 0.29) is 5.82 Å². The predicted octanol–water partition coefficient (Wildman–Crippen LogP) is 1.30. The van der Waals surface area contributed by atoms with Gasteiger partial charge in [-0.05, 0) is 6.07 Å². The van der Waals surface area contributed by atoms with Crippen LogP contribution in [-0.4, -0.2) is 44.2 Å². The van der Waals surface area contributed by atoms with E-state index in [2.05, 4.69) is 15.0 Å². The average molecular weight is 289 g/mol. The van der Waals surface area contributed by atoms with Crippen molar-refractivity contribution in [1.82, 2.24) is 10.3 Å². The summed E-state index contributed by atoms with van der Waals surface area (Å²) in [6.45, 7) is 2.22. The molecule has 1 aromatic rings. The lowest BCUT2D eigenvalue weighted by Crippen LogP contribution is -2.44. The van der Waals surface area contributed by atoms with E-state index in [0.29, 0.717) is 26.2 Å². The van der Waals surface area contributed by atoms with E-state index in [4.69, 9.17) is 0 Å². The van der Waals surface area contributed by atoms with Gasteiger partial charge in [0, 0.05) is 32.4 Å². The summed E-state index contributed by atoms with van der Waals surface area (Å²) in [6.07, 6.45) is -3.57. The highest BCUT2D eigenvalue weighted by atomic mass is 19.4. The highest BCUT2D eigenvalue weighted by Crippen LogP contribution is 2.35. The van der Waals surface area contributed by atoms with E-state index in [9.17, 15) is 18.0 Å². The van der Waals surface area contributed by atoms with Gasteiger partial charge in [0.05, 0.1) is 12.7 Å². The minimum Gasteiger partial charge on any atom is -0.465 e. The Morgan fingerprint density at radius 2 is 2.05 bits per heavy atom. The smallest absolute Gasteiger partial charge is 0.417 e. The van der Waals surface area contributed by atoms with E-state index >= 15 is 0 Å². The van der Waals surface area contributed by atoms with Crippen molar-refractivity contribution in [3.8, 4) is 0 Å². The normalized spacial score (nSPS) is 16.1. The number of nitrogens with one attached hydrogen (secondary N) is 1. The molecule has 2 heterocycles. The van der Waals surface area contributed by atoms with Gasteiger partial charge in [0.25, 0.3) is 0 Å². The molecule has 0 radical (unpaired) electrons. The summed E-state index contributed by atoms with van der Waals surface area (Å²) >= 11 is 0. The van der Waals surface area contributed by atoms with Gasteiger partial charge in [-0.1, -0.05) is 0 Å². The molecule has 0 saturated carbocycles. The first-order valence-corrected chi connectivity index (χ1v) is 6.05. The van der Waals surface area contributed by atoms with Crippen LogP contribution in [0, 0.1) is 0 Å². The molecule has 5 nitrogen and oxygen atoms in total. The number of nitrogens with zero attached hydrogens (tertiary/aromatic N) is 2. The molecule has 1 aromatic heterocycles. The molecule has 1 fully saturated rings. The second-order valence-corrected chi connectivity index (χ2v) is 4.28. The Balaban J connectivity index is 2.52. The molecule has 8 heteroatoms. The number of methoxy groups -OCH3 is 1. The van der Waals surface area contributed by atoms with Gasteiger partial charge in [0.2, 0.25) is 0 Å². The van der Waals surface area contributed by atoms with Crippen LogP contribution in [0.3, 0.4) is 0 Å². The van der Waals surface area contributed by atoms with Crippen molar-refractivity contribution in [1.29, 1.82) is 0 Å². The van der Waals surface area contributed by atoms with Crippen LogP contribution in [0.4, 0.5) is 19.0 Å². The minimum absolute atomic E-state index is 0.0215. The number of hydrogen-bond acceptors (Lipinski definition) is 5. The number of carbonyl (C=O) groups is 1. The predicted molar refractivity (Wildman–Crippen MR) is 65.7 cm³/mol. The van der Waals surface area contributed by atoms with Crippen LogP contribution in [0.1, 0.15) is 15.9 Å². The molecule has 1 saturated heterocycles. The summed E-state index contributed by atoms with van der Waals surface area (Å²) < 4.78 is 43.6. The Labute approximate surface area is 113 Å². The lowest BCUT2D eigenvalue weighted by atomic mass is 10.1. The first-order chi connectivity index (χ1) is 9.45. The molecule has 0 spiro atoms. The van der Waals surface area contributed by atoms with Crippen LogP contribution in [-0.2, 0) is 10.9 Å². The number of aromatic nitrogens is 1. The Morgan fingerprint density at radius 1 is 1.40 bits per heavy atom. The molecule has 0 amide bonds. The molecule has 1 N–H and O–H groups in total. The van der Waals surface area contributed by atoms with Crippen molar-refractivity contribution in [2.45, 2.75) is 6.18 Å². The van der Waals surface area contributed by atoms with Gasteiger partial charge >= 0.3 is 12.1 Å². The number of esters is 1. The van der Waals surface area contributed by atoms with Crippen LogP contribution in [0.5, 0.6) is 0 Å². The number of halogens is 3. The Hall–Kier alpha value is -1.83. The molecule has 0 bridgehead atoms. The van der Waals surface area contributed by atoms with Crippen molar-refractivity contribution >= 4 is 11.8 Å². The van der Waals surface area contributed by atoms with Crippen molar-refractivity contribution < 1.29 is 22.7 Å². The number of alkyl halides is 3. The van der Waals surface area contributed by atoms with Crippen LogP contribution >= 0.6 is 0 Å². The maximum atomic E-state index is 13.0. The number of anilines is 1. The van der Waals surface area contributed by atoms with Crippen molar-refractivity contribution in [2.75, 3.05) is 38.2 Å². The fourth-order valence-electron chi connectivity index (χ4n) is 2.11. The molecule has 1 aliphatic rings. The summed E-state index contributed by atoms with van der Waals surface area (Å²) in [5, 5.41) is 3.08. The third kappa shape index (κ3) is 2.84. The maximum absolute atomic E-state index is 13.0. The van der Waals surface area contributed by atoms with Crippen molar-refractivity contribution in [2.24, 2.45) is 0 Å². The third-order valence-corrected chi connectivity index (χ3v) is 3.04. The second-order valence-electron chi connectivity index (χ2n) is 4.28. The topological polar surface area (TPSA) is 54.5 Å². The number of piperazine rings is 1. The van der Waals surface area contributed by atoms with Crippen molar-refractivity contribution in [3.63, 3.8) is 0 Å². The molecule has 0 aliphatic carbocycles. The van der Waals surface area contributed by atoms with Crippen LogP contribution < -0.4 is 10.2 Å². The fourth-order valence-corrected chi connectivity index (χ4v) is 2.11. The highest BCUT2D eigenvalue weighted by Gasteiger charge is 2.38. The number of hydrogen-bond donors (Lipinski definition) is 1. The van der Waals surface area contributed by atoms with Crippen LogP contribution in [0.25, 0.3) is 0 Å². The number of ether oxygens (including phenoxy) is 1. The van der Waals surface area contributed by atoms with Crippen LogP contribution in [0.2, 0.25) is 0 Å². The first-order valence-electron chi connectivity index (χ1n) is 6.05. The van der Waals surface area contributed by atoms with Gasteiger partial charge < -0.3 is 15.0 Å². The van der Waals surface area contributed by atoms with Gasteiger partial charge in [-0.15, -0.1) is 0 Å². The van der Waals surface area contributed by atoms with Gasteiger partial charge in [0.1, 0.15) is 11.4 Å². The molecule has 0 aromatic carbocycles. The summed E-state index contributed by atoms with van der Waals surface area (Å²) in [6, 6.07) is 0.790. The standard InChI is InChI=1S/C12H14F3N3O2/c1-20-11(19)9-8(12(13,14)15)2-3-17-10(9)18-6-4-16-5-7-18/h2-3,16H,4-7H2,1H3. The Bertz CT molecular complexity index is 499. The maximum Gasteiger partial charge on any atom is 0.417 e. The minimum atomic E-state index is -4.63. The average Bonchev–Trinajstić information content (AvgIpc) is 2.45. The molecular formula is C12H14F3N3O2. The molecule has 0 unspecified atom stereocenters. The Kier molecular flexibility index (Phi) is 4.12. The van der Waals surface area contributed by atoms with Crippen LogP contribution in [0.15, 0.2) is 12.3 Å². The van der Waals surface area contributed by atoms with Gasteiger partial charge in [-0.2, -0.15) is 13.2 Å². The molecular weight excluding hydrogens is 275 g/mol. The number of rotatable bonds is 2. The fraction of sp³-hybridized carbons (Fsp3) is 0.500. The molecule has 0 atom stereocenters. The van der Waals surface area contributed by atoms with E-state index in [1.54, 1.807) is 4.90 Å². The summed E-state index contributed by atoms with van der Waals surface area (Å²) in [7, 11) is 1.05. The molecule has 110 valence electrons. The lowest BCUT2D eigenvalue weighted by molar-refractivity contribution is -0.138. The van der Waals surface area contributed by atoms with Crippen molar-refractivity contribution in [3.05, 3.63) is 23.4 Å². The molecule has 20 heavy (non-hydrogen) atoms. The quantitative estimate of drug-likeness (QED) is 0.832. The third-order valence-electron chi connectivity index (χ3n) is 3.04. The largest absolute Gasteiger partial charge is 0.465 e. The number of carbonyl (C=O) groups excluding carboxylic acids is 1. The van der Waals surface area contributed by atoms with E-state index in [1.807, 2.05) is 0 Å². The number of pyridine rings is 1. The van der Waals surface area contributed by atoms with Gasteiger partial charge in [0.15, 0.2) is 0 Å². The summed E-state index contributed by atoms with van der Waals surface area (Å²) in [4.78, 5) is 17.3. The summed E-state index contributed by atoms with van der Waals surface area (Å²) in [5.41, 5.74) is -1.54. The zero-order valence-electron chi connectivity index (χ0n) is 10.8.